The molecule has 40 heavy (non-hydrogen) atoms. The molecule has 0 aliphatic rings. The Morgan fingerprint density at radius 1 is 0.750 bits per heavy atom. The maximum absolute atomic E-state index is 14.0. The van der Waals surface area contributed by atoms with Crippen LogP contribution in [0.3, 0.4) is 0 Å². The topological polar surface area (TPSA) is 130 Å². The summed E-state index contributed by atoms with van der Waals surface area (Å²) in [5, 5.41) is 2.62. The first-order valence-corrected chi connectivity index (χ1v) is 13.4. The molecule has 0 fully saturated rings. The molecule has 11 nitrogen and oxygen atoms in total. The van der Waals surface area contributed by atoms with Crippen LogP contribution in [0.15, 0.2) is 53.4 Å². The number of sulfonamides is 1. The Labute approximate surface area is 233 Å². The van der Waals surface area contributed by atoms with Gasteiger partial charge in [-0.1, -0.05) is 6.07 Å². The van der Waals surface area contributed by atoms with Gasteiger partial charge in [-0.2, -0.15) is 0 Å². The molecule has 0 aliphatic carbocycles. The second kappa shape index (κ2) is 12.6. The number of nitrogens with one attached hydrogen (secondary N) is 1. The van der Waals surface area contributed by atoms with Crippen molar-refractivity contribution in [2.45, 2.75) is 18.7 Å². The second-order valence-corrected chi connectivity index (χ2v) is 10.5. The maximum atomic E-state index is 14.0. The van der Waals surface area contributed by atoms with Crippen molar-refractivity contribution in [3.05, 3.63) is 65.2 Å². The van der Waals surface area contributed by atoms with Gasteiger partial charge in [0.05, 0.1) is 57.4 Å². The monoisotopic (exact) mass is 572 g/mol. The van der Waals surface area contributed by atoms with Gasteiger partial charge in [0.15, 0.2) is 23.0 Å². The number of hydrogen-bond donors (Lipinski definition) is 1. The van der Waals surface area contributed by atoms with E-state index in [0.29, 0.717) is 5.75 Å². The summed E-state index contributed by atoms with van der Waals surface area (Å²) in [4.78, 5) is 25.7. The van der Waals surface area contributed by atoms with E-state index in [-0.39, 0.29) is 39.1 Å². The number of methoxy groups -OCH3 is 5. The van der Waals surface area contributed by atoms with Crippen LogP contribution in [0.4, 0.5) is 11.4 Å². The van der Waals surface area contributed by atoms with Crippen LogP contribution < -0.4 is 28.6 Å². The average Bonchev–Trinajstić information content (AvgIpc) is 2.93. The zero-order chi connectivity index (χ0) is 29.6. The van der Waals surface area contributed by atoms with Crippen LogP contribution in [0.25, 0.3) is 0 Å². The molecule has 0 spiro atoms. The summed E-state index contributed by atoms with van der Waals surface area (Å²) in [5.74, 6) is -0.410. The number of carbonyl (C=O) groups excluding carboxylic acids is 2. The predicted molar refractivity (Wildman–Crippen MR) is 150 cm³/mol. The third-order valence-electron chi connectivity index (χ3n) is 5.93. The number of nitrogens with zero attached hydrogens (tertiary/aromatic N) is 1. The van der Waals surface area contributed by atoms with Crippen LogP contribution in [-0.2, 0) is 19.6 Å². The van der Waals surface area contributed by atoms with Crippen LogP contribution in [-0.4, -0.2) is 62.4 Å². The largest absolute Gasteiger partial charge is 0.493 e. The van der Waals surface area contributed by atoms with Crippen molar-refractivity contribution >= 4 is 33.3 Å². The summed E-state index contributed by atoms with van der Waals surface area (Å²) < 4.78 is 54.8. The van der Waals surface area contributed by atoms with Gasteiger partial charge >= 0.3 is 5.97 Å². The number of hydrogen-bond acceptors (Lipinski definition) is 9. The normalized spacial score (nSPS) is 10.9. The Hall–Kier alpha value is -4.45. The van der Waals surface area contributed by atoms with Crippen LogP contribution >= 0.6 is 0 Å². The van der Waals surface area contributed by atoms with Gasteiger partial charge in [-0.15, -0.1) is 0 Å². The molecule has 3 aromatic carbocycles. The lowest BCUT2D eigenvalue weighted by Crippen LogP contribution is -2.38. The first kappa shape index (κ1) is 30.1. The van der Waals surface area contributed by atoms with Gasteiger partial charge in [-0.05, 0) is 49.2 Å². The van der Waals surface area contributed by atoms with E-state index in [1.807, 2.05) is 19.9 Å². The Balaban J connectivity index is 2.09. The molecule has 3 aromatic rings. The number of esters is 1. The highest BCUT2D eigenvalue weighted by molar-refractivity contribution is 7.92. The quantitative estimate of drug-likeness (QED) is 0.339. The van der Waals surface area contributed by atoms with Crippen molar-refractivity contribution in [2.75, 3.05) is 51.7 Å². The number of ether oxygens (including phenoxy) is 5. The summed E-state index contributed by atoms with van der Waals surface area (Å²) in [6, 6.07) is 12.1. The molecule has 214 valence electrons. The smallest absolute Gasteiger partial charge is 0.340 e. The summed E-state index contributed by atoms with van der Waals surface area (Å²) in [6.07, 6.45) is 0. The molecule has 1 amide bonds. The van der Waals surface area contributed by atoms with E-state index in [0.717, 1.165) is 15.4 Å². The highest BCUT2D eigenvalue weighted by atomic mass is 32.2. The number of aryl methyl sites for hydroxylation is 2. The predicted octanol–water partition coefficient (Wildman–Crippen LogP) is 3.96. The van der Waals surface area contributed by atoms with Crippen LogP contribution in [0, 0.1) is 13.8 Å². The van der Waals surface area contributed by atoms with Crippen LogP contribution in [0.5, 0.6) is 23.0 Å². The summed E-state index contributed by atoms with van der Waals surface area (Å²) in [7, 11) is 2.55. The lowest BCUT2D eigenvalue weighted by Gasteiger charge is -2.25. The van der Waals surface area contributed by atoms with Gasteiger partial charge in [-0.25, -0.2) is 13.2 Å². The molecule has 0 saturated carbocycles. The highest BCUT2D eigenvalue weighted by Gasteiger charge is 2.29. The zero-order valence-electron chi connectivity index (χ0n) is 23.4. The SMILES string of the molecule is COC(=O)c1cc(OC)c(OC)cc1NC(=O)CN(c1cc(C)cc(C)c1)S(=O)(=O)c1ccc(OC)c(OC)c1. The molecular weight excluding hydrogens is 540 g/mol. The first-order chi connectivity index (χ1) is 19.0. The molecule has 0 unspecified atom stereocenters. The van der Waals surface area contributed by atoms with E-state index in [4.69, 9.17) is 23.7 Å². The van der Waals surface area contributed by atoms with E-state index >= 15 is 0 Å². The van der Waals surface area contributed by atoms with Crippen molar-refractivity contribution in [2.24, 2.45) is 0 Å². The molecule has 0 radical (unpaired) electrons. The lowest BCUT2D eigenvalue weighted by atomic mass is 10.1. The van der Waals surface area contributed by atoms with Gasteiger partial charge in [0, 0.05) is 18.2 Å². The van der Waals surface area contributed by atoms with E-state index in [1.54, 1.807) is 12.1 Å². The van der Waals surface area contributed by atoms with Crippen molar-refractivity contribution < 1.29 is 41.7 Å². The molecule has 12 heteroatoms. The van der Waals surface area contributed by atoms with E-state index in [1.165, 1.54) is 65.9 Å². The minimum atomic E-state index is -4.29. The Morgan fingerprint density at radius 2 is 1.30 bits per heavy atom. The number of carbonyl (C=O) groups is 2. The molecule has 1 N–H and O–H groups in total. The van der Waals surface area contributed by atoms with Gasteiger partial charge in [0.1, 0.15) is 6.54 Å². The number of rotatable bonds is 11. The van der Waals surface area contributed by atoms with Crippen molar-refractivity contribution in [1.82, 2.24) is 0 Å². The average molecular weight is 573 g/mol. The molecule has 0 atom stereocenters. The van der Waals surface area contributed by atoms with Crippen molar-refractivity contribution in [1.29, 1.82) is 0 Å². The Kier molecular flexibility index (Phi) is 9.48. The number of anilines is 2. The van der Waals surface area contributed by atoms with E-state index in [2.05, 4.69) is 5.32 Å². The lowest BCUT2D eigenvalue weighted by molar-refractivity contribution is -0.114. The first-order valence-electron chi connectivity index (χ1n) is 12.0. The van der Waals surface area contributed by atoms with Crippen LogP contribution in [0.1, 0.15) is 21.5 Å². The molecule has 0 bridgehead atoms. The minimum Gasteiger partial charge on any atom is -0.493 e. The summed E-state index contributed by atoms with van der Waals surface area (Å²) >= 11 is 0. The van der Waals surface area contributed by atoms with Gasteiger partial charge in [-0.3, -0.25) is 9.10 Å². The fourth-order valence-corrected chi connectivity index (χ4v) is 5.52. The van der Waals surface area contributed by atoms with Crippen molar-refractivity contribution in [3.8, 4) is 23.0 Å². The molecule has 0 heterocycles. The minimum absolute atomic E-state index is 0.00537. The third-order valence-corrected chi connectivity index (χ3v) is 7.70. The zero-order valence-corrected chi connectivity index (χ0v) is 24.2. The molecular formula is C28H32N2O9S. The maximum Gasteiger partial charge on any atom is 0.340 e. The van der Waals surface area contributed by atoms with E-state index < -0.39 is 28.4 Å². The number of benzene rings is 3. The van der Waals surface area contributed by atoms with E-state index in [9.17, 15) is 18.0 Å². The highest BCUT2D eigenvalue weighted by Crippen LogP contribution is 2.35. The molecule has 0 saturated heterocycles. The van der Waals surface area contributed by atoms with Crippen molar-refractivity contribution in [3.63, 3.8) is 0 Å². The Bertz CT molecular complexity index is 1500. The molecule has 3 rings (SSSR count). The number of amides is 1. The van der Waals surface area contributed by atoms with Crippen LogP contribution in [0.2, 0.25) is 0 Å². The second-order valence-electron chi connectivity index (χ2n) is 8.67. The summed E-state index contributed by atoms with van der Waals surface area (Å²) in [5.41, 5.74) is 1.93. The van der Waals surface area contributed by atoms with Gasteiger partial charge < -0.3 is 29.0 Å². The fourth-order valence-electron chi connectivity index (χ4n) is 4.10. The summed E-state index contributed by atoms with van der Waals surface area (Å²) in [6.45, 7) is 3.03. The molecule has 0 aromatic heterocycles. The Morgan fingerprint density at radius 3 is 1.85 bits per heavy atom. The standard InChI is InChI=1S/C28H32N2O9S/c1-17-10-18(2)12-19(11-17)30(40(33,34)20-8-9-23(35-3)24(13-20)36-4)16-27(31)29-22-15-26(38-6)25(37-5)14-21(22)28(32)39-7/h8-15H,16H2,1-7H3,(H,29,31). The molecule has 0 aliphatic heterocycles. The van der Waals surface area contributed by atoms with Gasteiger partial charge in [0.2, 0.25) is 5.91 Å². The fraction of sp³-hybridized carbons (Fsp3) is 0.286. The van der Waals surface area contributed by atoms with Gasteiger partial charge in [0.25, 0.3) is 10.0 Å². The third kappa shape index (κ3) is 6.40.